The minimum Gasteiger partial charge on any atom is -0.0811 e. The molecular weight excluding hydrogens is 156 g/mol. The second-order valence-corrected chi connectivity index (χ2v) is 4.91. The van der Waals surface area contributed by atoms with E-state index in [4.69, 9.17) is 0 Å². The van der Waals surface area contributed by atoms with Gasteiger partial charge in [0.1, 0.15) is 0 Å². The first-order chi connectivity index (χ1) is 6.18. The molecule has 0 aromatic heterocycles. The van der Waals surface area contributed by atoms with Gasteiger partial charge >= 0.3 is 0 Å². The van der Waals surface area contributed by atoms with Crippen molar-refractivity contribution in [2.24, 2.45) is 23.7 Å². The molecule has 4 atom stereocenters. The molecule has 0 spiro atoms. The molecule has 2 rings (SSSR count). The summed E-state index contributed by atoms with van der Waals surface area (Å²) in [7, 11) is 0. The Morgan fingerprint density at radius 1 is 1.15 bits per heavy atom. The number of hydrogen-bond acceptors (Lipinski definition) is 0. The third-order valence-corrected chi connectivity index (χ3v) is 3.89. The average molecular weight is 176 g/mol. The predicted octanol–water partition coefficient (Wildman–Crippen LogP) is 3.80. The van der Waals surface area contributed by atoms with Gasteiger partial charge in [-0.25, -0.2) is 0 Å². The first-order valence-electron chi connectivity index (χ1n) is 5.58. The topological polar surface area (TPSA) is 0 Å². The Balaban J connectivity index is 2.27. The molecule has 0 unspecified atom stereocenters. The summed E-state index contributed by atoms with van der Waals surface area (Å²) in [5.41, 5.74) is 1.62. The Kier molecular flexibility index (Phi) is 2.31. The highest BCUT2D eigenvalue weighted by Gasteiger charge is 2.29. The molecule has 0 aromatic carbocycles. The lowest BCUT2D eigenvalue weighted by Crippen LogP contribution is -2.26. The lowest BCUT2D eigenvalue weighted by Gasteiger charge is -2.36. The molecule has 0 bridgehead atoms. The fourth-order valence-corrected chi connectivity index (χ4v) is 2.69. The first-order valence-corrected chi connectivity index (χ1v) is 5.58. The van der Waals surface area contributed by atoms with Crippen molar-refractivity contribution in [1.82, 2.24) is 0 Å². The maximum absolute atomic E-state index is 2.48. The van der Waals surface area contributed by atoms with Gasteiger partial charge in [-0.3, -0.25) is 0 Å². The van der Waals surface area contributed by atoms with E-state index in [9.17, 15) is 0 Å². The van der Waals surface area contributed by atoms with Gasteiger partial charge in [-0.2, -0.15) is 0 Å². The van der Waals surface area contributed by atoms with E-state index >= 15 is 0 Å². The number of rotatable bonds is 0. The molecule has 0 aromatic rings. The van der Waals surface area contributed by atoms with E-state index in [1.165, 1.54) is 12.8 Å². The van der Waals surface area contributed by atoms with Crippen LogP contribution in [0.4, 0.5) is 0 Å². The Labute approximate surface area is 81.7 Å². The van der Waals surface area contributed by atoms with Crippen molar-refractivity contribution in [2.45, 2.75) is 33.6 Å². The Morgan fingerprint density at radius 3 is 2.69 bits per heavy atom. The lowest BCUT2D eigenvalue weighted by atomic mass is 9.69. The van der Waals surface area contributed by atoms with Crippen molar-refractivity contribution in [1.29, 1.82) is 0 Å². The first kappa shape index (κ1) is 9.05. The summed E-state index contributed by atoms with van der Waals surface area (Å²) in [4.78, 5) is 0. The summed E-state index contributed by atoms with van der Waals surface area (Å²) in [6.45, 7) is 7.08. The van der Waals surface area contributed by atoms with Crippen LogP contribution in [-0.2, 0) is 0 Å². The van der Waals surface area contributed by atoms with Gasteiger partial charge < -0.3 is 0 Å². The fourth-order valence-electron chi connectivity index (χ4n) is 2.69. The highest BCUT2D eigenvalue weighted by molar-refractivity contribution is 5.29. The van der Waals surface area contributed by atoms with Crippen LogP contribution in [0.3, 0.4) is 0 Å². The van der Waals surface area contributed by atoms with Gasteiger partial charge in [-0.05, 0) is 42.1 Å². The van der Waals surface area contributed by atoms with E-state index in [-0.39, 0.29) is 0 Å². The fraction of sp³-hybridized carbons (Fsp3) is 0.692. The summed E-state index contributed by atoms with van der Waals surface area (Å²) in [5.74, 6) is 3.28. The van der Waals surface area contributed by atoms with Crippen LogP contribution in [0.1, 0.15) is 33.6 Å². The molecule has 0 saturated carbocycles. The second-order valence-electron chi connectivity index (χ2n) is 4.91. The van der Waals surface area contributed by atoms with Crippen LogP contribution >= 0.6 is 0 Å². The molecule has 13 heavy (non-hydrogen) atoms. The molecule has 0 aliphatic heterocycles. The molecule has 0 heteroatoms. The van der Waals surface area contributed by atoms with Crippen LogP contribution in [0.2, 0.25) is 0 Å². The second kappa shape index (κ2) is 3.32. The van der Waals surface area contributed by atoms with Crippen molar-refractivity contribution in [3.8, 4) is 0 Å². The summed E-state index contributed by atoms with van der Waals surface area (Å²) < 4.78 is 0. The van der Waals surface area contributed by atoms with Gasteiger partial charge in [-0.15, -0.1) is 0 Å². The molecular formula is C13H20. The number of fused-ring (bicyclic) bond motifs is 1. The van der Waals surface area contributed by atoms with Crippen LogP contribution in [0.5, 0.6) is 0 Å². The third-order valence-electron chi connectivity index (χ3n) is 3.89. The monoisotopic (exact) mass is 176 g/mol. The highest BCUT2D eigenvalue weighted by Crippen LogP contribution is 2.40. The van der Waals surface area contributed by atoms with E-state index < -0.39 is 0 Å². The van der Waals surface area contributed by atoms with Crippen molar-refractivity contribution in [3.05, 3.63) is 23.8 Å². The molecule has 0 fully saturated rings. The normalized spacial score (nSPS) is 44.1. The van der Waals surface area contributed by atoms with Crippen molar-refractivity contribution >= 4 is 0 Å². The molecule has 0 nitrogen and oxygen atoms in total. The number of allylic oxidation sites excluding steroid dienone is 4. The van der Waals surface area contributed by atoms with Crippen molar-refractivity contribution < 1.29 is 0 Å². The largest absolute Gasteiger partial charge is 0.0811 e. The SMILES string of the molecule is C[C@H]1[C@@H](C)C=CC2=C[C@H](C)CC[C@@H]21. The molecule has 0 N–H and O–H groups in total. The van der Waals surface area contributed by atoms with Gasteiger partial charge in [0.25, 0.3) is 0 Å². The Bertz CT molecular complexity index is 247. The molecule has 0 radical (unpaired) electrons. The standard InChI is InChI=1S/C13H20/c1-9-4-7-13-11(3)10(2)5-6-12(13)8-9/h5-6,8-11,13H,4,7H2,1-3H3/t9-,10+,11+,13-/m1/s1. The minimum atomic E-state index is 0.774. The van der Waals surface area contributed by atoms with Crippen molar-refractivity contribution in [3.63, 3.8) is 0 Å². The highest BCUT2D eigenvalue weighted by atomic mass is 14.3. The zero-order valence-electron chi connectivity index (χ0n) is 8.96. The smallest absolute Gasteiger partial charge is 0.0134 e. The molecule has 2 aliphatic carbocycles. The molecule has 2 aliphatic rings. The minimum absolute atomic E-state index is 0.774. The van der Waals surface area contributed by atoms with E-state index in [0.717, 1.165) is 23.7 Å². The van der Waals surface area contributed by atoms with E-state index in [0.29, 0.717) is 0 Å². The van der Waals surface area contributed by atoms with Gasteiger partial charge in [0.15, 0.2) is 0 Å². The summed E-state index contributed by atoms with van der Waals surface area (Å²) >= 11 is 0. The van der Waals surface area contributed by atoms with Gasteiger partial charge in [0.05, 0.1) is 0 Å². The quantitative estimate of drug-likeness (QED) is 0.526. The Hall–Kier alpha value is -0.520. The van der Waals surface area contributed by atoms with E-state index in [1.807, 2.05) is 0 Å². The summed E-state index contributed by atoms with van der Waals surface area (Å²) in [6, 6.07) is 0. The van der Waals surface area contributed by atoms with Crippen LogP contribution in [0.25, 0.3) is 0 Å². The molecule has 0 saturated heterocycles. The Morgan fingerprint density at radius 2 is 1.92 bits per heavy atom. The van der Waals surface area contributed by atoms with Gasteiger partial charge in [0.2, 0.25) is 0 Å². The predicted molar refractivity (Wildman–Crippen MR) is 57.4 cm³/mol. The molecule has 0 heterocycles. The molecule has 0 amide bonds. The van der Waals surface area contributed by atoms with E-state index in [2.05, 4.69) is 39.0 Å². The van der Waals surface area contributed by atoms with Crippen LogP contribution in [-0.4, -0.2) is 0 Å². The molecule has 72 valence electrons. The third kappa shape index (κ3) is 1.59. The van der Waals surface area contributed by atoms with E-state index in [1.54, 1.807) is 5.57 Å². The van der Waals surface area contributed by atoms with Gasteiger partial charge in [0, 0.05) is 0 Å². The number of hydrogen-bond donors (Lipinski definition) is 0. The zero-order valence-corrected chi connectivity index (χ0v) is 8.96. The van der Waals surface area contributed by atoms with Crippen molar-refractivity contribution in [2.75, 3.05) is 0 Å². The van der Waals surface area contributed by atoms with Gasteiger partial charge in [-0.1, -0.05) is 39.0 Å². The van der Waals surface area contributed by atoms with Crippen LogP contribution in [0, 0.1) is 23.7 Å². The lowest BCUT2D eigenvalue weighted by molar-refractivity contribution is 0.286. The maximum Gasteiger partial charge on any atom is -0.0134 e. The van der Waals surface area contributed by atoms with Crippen LogP contribution in [0.15, 0.2) is 23.8 Å². The summed E-state index contributed by atoms with van der Waals surface area (Å²) in [5, 5.41) is 0. The average Bonchev–Trinajstić information content (AvgIpc) is 2.12. The zero-order chi connectivity index (χ0) is 9.42. The van der Waals surface area contributed by atoms with Crippen LogP contribution < -0.4 is 0 Å². The summed E-state index contributed by atoms with van der Waals surface area (Å²) in [6.07, 6.45) is 10.0. The maximum atomic E-state index is 2.48.